The molecule has 0 aromatic heterocycles. The SMILES string of the molecule is CC(C)(C)OC(=O)N1CCN(CC2CC3CCC2C3)C(CN)C1. The van der Waals surface area contributed by atoms with Crippen LogP contribution in [0.25, 0.3) is 0 Å². The second kappa shape index (κ2) is 6.60. The van der Waals surface area contributed by atoms with Gasteiger partial charge in [0.1, 0.15) is 5.60 Å². The van der Waals surface area contributed by atoms with Crippen molar-refractivity contribution in [3.8, 4) is 0 Å². The Balaban J connectivity index is 1.53. The van der Waals surface area contributed by atoms with E-state index in [1.165, 1.54) is 32.2 Å². The Hall–Kier alpha value is -0.810. The highest BCUT2D eigenvalue weighted by molar-refractivity contribution is 5.68. The first kappa shape index (κ1) is 17.0. The molecule has 1 amide bonds. The Morgan fingerprint density at radius 1 is 1.22 bits per heavy atom. The number of carbonyl (C=O) groups excluding carboxylic acids is 1. The van der Waals surface area contributed by atoms with Crippen molar-refractivity contribution in [3.63, 3.8) is 0 Å². The summed E-state index contributed by atoms with van der Waals surface area (Å²) in [5.41, 5.74) is 5.58. The molecule has 4 atom stereocenters. The van der Waals surface area contributed by atoms with Gasteiger partial charge in [0.05, 0.1) is 0 Å². The smallest absolute Gasteiger partial charge is 0.410 e. The van der Waals surface area contributed by atoms with Crippen molar-refractivity contribution in [2.45, 2.75) is 58.1 Å². The molecule has 1 heterocycles. The maximum Gasteiger partial charge on any atom is 0.410 e. The van der Waals surface area contributed by atoms with Gasteiger partial charge in [0.2, 0.25) is 0 Å². The van der Waals surface area contributed by atoms with Crippen LogP contribution in [-0.2, 0) is 4.74 Å². The number of carbonyl (C=O) groups is 1. The quantitative estimate of drug-likeness (QED) is 0.866. The van der Waals surface area contributed by atoms with Gasteiger partial charge in [0.15, 0.2) is 0 Å². The maximum atomic E-state index is 12.3. The first-order valence-corrected chi connectivity index (χ1v) is 9.27. The van der Waals surface area contributed by atoms with Crippen LogP contribution < -0.4 is 5.73 Å². The summed E-state index contributed by atoms with van der Waals surface area (Å²) in [7, 11) is 0. The van der Waals surface area contributed by atoms with E-state index in [2.05, 4.69) is 4.90 Å². The summed E-state index contributed by atoms with van der Waals surface area (Å²) < 4.78 is 5.51. The fourth-order valence-corrected chi connectivity index (χ4v) is 4.75. The fraction of sp³-hybridized carbons (Fsp3) is 0.944. The number of nitrogens with zero attached hydrogens (tertiary/aromatic N) is 2. The molecule has 5 heteroatoms. The largest absolute Gasteiger partial charge is 0.444 e. The molecule has 0 spiro atoms. The van der Waals surface area contributed by atoms with Gasteiger partial charge in [-0.1, -0.05) is 6.42 Å². The van der Waals surface area contributed by atoms with Gasteiger partial charge in [-0.15, -0.1) is 0 Å². The standard InChI is InChI=1S/C18H33N3O2/c1-18(2,3)23-17(22)21-7-6-20(16(10-19)12-21)11-15-9-13-4-5-14(15)8-13/h13-16H,4-12,19H2,1-3H3. The molecular weight excluding hydrogens is 290 g/mol. The van der Waals surface area contributed by atoms with Crippen LogP contribution in [0.2, 0.25) is 0 Å². The molecule has 2 aliphatic carbocycles. The number of hydrogen-bond donors (Lipinski definition) is 1. The van der Waals surface area contributed by atoms with Gasteiger partial charge in [-0.05, 0) is 57.8 Å². The maximum absolute atomic E-state index is 12.3. The van der Waals surface area contributed by atoms with Crippen LogP contribution >= 0.6 is 0 Å². The fourth-order valence-electron chi connectivity index (χ4n) is 4.75. The monoisotopic (exact) mass is 323 g/mol. The van der Waals surface area contributed by atoms with Crippen LogP contribution in [0.4, 0.5) is 4.79 Å². The molecule has 23 heavy (non-hydrogen) atoms. The summed E-state index contributed by atoms with van der Waals surface area (Å²) in [4.78, 5) is 16.6. The van der Waals surface area contributed by atoms with Crippen molar-refractivity contribution in [1.29, 1.82) is 0 Å². The Labute approximate surface area is 140 Å². The molecule has 5 nitrogen and oxygen atoms in total. The van der Waals surface area contributed by atoms with Gasteiger partial charge in [0.25, 0.3) is 0 Å². The molecule has 4 unspecified atom stereocenters. The Bertz CT molecular complexity index is 434. The average Bonchev–Trinajstić information content (AvgIpc) is 3.08. The summed E-state index contributed by atoms with van der Waals surface area (Å²) in [6.45, 7) is 9.91. The number of amides is 1. The summed E-state index contributed by atoms with van der Waals surface area (Å²) >= 11 is 0. The van der Waals surface area contributed by atoms with E-state index < -0.39 is 5.60 Å². The number of fused-ring (bicyclic) bond motifs is 2. The predicted octanol–water partition coefficient (Wildman–Crippen LogP) is 2.30. The third kappa shape index (κ3) is 4.00. The molecule has 3 fully saturated rings. The van der Waals surface area contributed by atoms with E-state index in [0.29, 0.717) is 13.1 Å². The van der Waals surface area contributed by atoms with Gasteiger partial charge in [-0.2, -0.15) is 0 Å². The van der Waals surface area contributed by atoms with E-state index in [-0.39, 0.29) is 12.1 Å². The Morgan fingerprint density at radius 3 is 2.57 bits per heavy atom. The van der Waals surface area contributed by atoms with Crippen LogP contribution in [-0.4, -0.2) is 60.3 Å². The topological polar surface area (TPSA) is 58.8 Å². The lowest BCUT2D eigenvalue weighted by Gasteiger charge is -2.43. The van der Waals surface area contributed by atoms with Gasteiger partial charge in [-0.25, -0.2) is 4.79 Å². The van der Waals surface area contributed by atoms with E-state index in [0.717, 1.165) is 30.8 Å². The molecule has 1 aliphatic heterocycles. The van der Waals surface area contributed by atoms with Crippen LogP contribution in [0.5, 0.6) is 0 Å². The van der Waals surface area contributed by atoms with Gasteiger partial charge >= 0.3 is 6.09 Å². The second-order valence-electron chi connectivity index (χ2n) is 8.75. The zero-order valence-corrected chi connectivity index (χ0v) is 15.0. The molecule has 2 N–H and O–H groups in total. The predicted molar refractivity (Wildman–Crippen MR) is 91.2 cm³/mol. The normalized spacial score (nSPS) is 34.9. The molecule has 0 aromatic rings. The highest BCUT2D eigenvalue weighted by atomic mass is 16.6. The van der Waals surface area contributed by atoms with Crippen LogP contribution in [0, 0.1) is 17.8 Å². The highest BCUT2D eigenvalue weighted by Gasteiger charge is 2.41. The van der Waals surface area contributed by atoms with Crippen molar-refractivity contribution in [1.82, 2.24) is 9.80 Å². The van der Waals surface area contributed by atoms with Gasteiger partial charge < -0.3 is 15.4 Å². The van der Waals surface area contributed by atoms with Gasteiger partial charge in [-0.3, -0.25) is 4.90 Å². The summed E-state index contributed by atoms with van der Waals surface area (Å²) in [6, 6.07) is 0.274. The number of ether oxygens (including phenoxy) is 1. The van der Waals surface area contributed by atoms with E-state index in [9.17, 15) is 4.79 Å². The average molecular weight is 323 g/mol. The lowest BCUT2D eigenvalue weighted by molar-refractivity contribution is 0.00102. The number of piperazine rings is 1. The van der Waals surface area contributed by atoms with Crippen molar-refractivity contribution < 1.29 is 9.53 Å². The third-order valence-electron chi connectivity index (χ3n) is 5.88. The van der Waals surface area contributed by atoms with Crippen LogP contribution in [0.1, 0.15) is 46.5 Å². The zero-order chi connectivity index (χ0) is 16.6. The van der Waals surface area contributed by atoms with Gasteiger partial charge in [0, 0.05) is 38.8 Å². The zero-order valence-electron chi connectivity index (χ0n) is 15.0. The van der Waals surface area contributed by atoms with Crippen LogP contribution in [0.3, 0.4) is 0 Å². The summed E-state index contributed by atoms with van der Waals surface area (Å²) in [5, 5.41) is 0. The third-order valence-corrected chi connectivity index (χ3v) is 5.88. The summed E-state index contributed by atoms with van der Waals surface area (Å²) in [5.74, 6) is 2.79. The minimum absolute atomic E-state index is 0.199. The van der Waals surface area contributed by atoms with Crippen molar-refractivity contribution in [3.05, 3.63) is 0 Å². The molecule has 0 radical (unpaired) electrons. The highest BCUT2D eigenvalue weighted by Crippen LogP contribution is 2.48. The van der Waals surface area contributed by atoms with E-state index in [1.807, 2.05) is 25.7 Å². The minimum Gasteiger partial charge on any atom is -0.444 e. The second-order valence-corrected chi connectivity index (χ2v) is 8.75. The molecule has 2 bridgehead atoms. The first-order valence-electron chi connectivity index (χ1n) is 9.27. The number of nitrogens with two attached hydrogens (primary N) is 1. The van der Waals surface area contributed by atoms with Crippen LogP contribution in [0.15, 0.2) is 0 Å². The molecule has 1 saturated heterocycles. The lowest BCUT2D eigenvalue weighted by Crippen LogP contribution is -2.58. The minimum atomic E-state index is -0.435. The molecule has 2 saturated carbocycles. The lowest BCUT2D eigenvalue weighted by atomic mass is 9.88. The number of hydrogen-bond acceptors (Lipinski definition) is 4. The van der Waals surface area contributed by atoms with Crippen molar-refractivity contribution >= 4 is 6.09 Å². The Kier molecular flexibility index (Phi) is 4.88. The molecular formula is C18H33N3O2. The summed E-state index contributed by atoms with van der Waals surface area (Å²) in [6.07, 6.45) is 5.55. The molecule has 0 aromatic carbocycles. The number of rotatable bonds is 3. The van der Waals surface area contributed by atoms with E-state index >= 15 is 0 Å². The van der Waals surface area contributed by atoms with E-state index in [4.69, 9.17) is 10.5 Å². The van der Waals surface area contributed by atoms with E-state index in [1.54, 1.807) is 0 Å². The molecule has 132 valence electrons. The Morgan fingerprint density at radius 2 is 2.00 bits per heavy atom. The molecule has 3 rings (SSSR count). The van der Waals surface area contributed by atoms with Crippen molar-refractivity contribution in [2.75, 3.05) is 32.7 Å². The first-order chi connectivity index (χ1) is 10.9. The molecule has 3 aliphatic rings. The van der Waals surface area contributed by atoms with Crippen molar-refractivity contribution in [2.24, 2.45) is 23.5 Å².